The Balaban J connectivity index is 3.13. The molecule has 0 spiro atoms. The second kappa shape index (κ2) is 3.04. The van der Waals surface area contributed by atoms with Crippen LogP contribution in [0.25, 0.3) is 0 Å². The molecule has 0 unspecified atom stereocenters. The summed E-state index contributed by atoms with van der Waals surface area (Å²) >= 11 is 0. The van der Waals surface area contributed by atoms with E-state index in [9.17, 15) is 13.2 Å². The van der Waals surface area contributed by atoms with Gasteiger partial charge in [0.15, 0.2) is 0 Å². The van der Waals surface area contributed by atoms with Gasteiger partial charge in [-0.25, -0.2) is 0 Å². The summed E-state index contributed by atoms with van der Waals surface area (Å²) in [6.07, 6.45) is -3.45. The normalized spacial score (nSPS) is 11.3. The molecule has 3 nitrogen and oxygen atoms in total. The highest BCUT2D eigenvalue weighted by Crippen LogP contribution is 2.28. The van der Waals surface area contributed by atoms with Gasteiger partial charge in [0.05, 0.1) is 5.56 Å². The molecule has 0 amide bonds. The number of rotatable bonds is 1. The molecule has 0 atom stereocenters. The number of nitrogen functional groups attached to an aromatic ring is 1. The summed E-state index contributed by atoms with van der Waals surface area (Å²) in [6.45, 7) is 0. The topological polar surface area (TPSA) is 62.8 Å². The smallest absolute Gasteiger partial charge is 0.382 e. The van der Waals surface area contributed by atoms with E-state index in [2.05, 4.69) is 4.98 Å². The summed E-state index contributed by atoms with van der Waals surface area (Å²) < 4.78 is 36.3. The number of halogens is 3. The van der Waals surface area contributed by atoms with Crippen molar-refractivity contribution in [2.24, 2.45) is 5.73 Å². The molecule has 0 fully saturated rings. The fourth-order valence-electron chi connectivity index (χ4n) is 0.754. The van der Waals surface area contributed by atoms with Crippen molar-refractivity contribution in [2.45, 2.75) is 6.18 Å². The maximum atomic E-state index is 12.1. The van der Waals surface area contributed by atoms with Gasteiger partial charge in [0, 0.05) is 6.20 Å². The van der Waals surface area contributed by atoms with E-state index in [-0.39, 0.29) is 5.69 Å². The van der Waals surface area contributed by atoms with Crippen LogP contribution in [0.5, 0.6) is 0 Å². The minimum atomic E-state index is -4.42. The Hall–Kier alpha value is -1.59. The first kappa shape index (κ1) is 9.50. The quantitative estimate of drug-likeness (QED) is 0.517. The van der Waals surface area contributed by atoms with Crippen LogP contribution in [-0.4, -0.2) is 10.8 Å². The molecule has 1 heterocycles. The first-order valence-electron chi connectivity index (χ1n) is 3.29. The van der Waals surface area contributed by atoms with Crippen molar-refractivity contribution >= 4 is 5.84 Å². The molecule has 1 aromatic heterocycles. The third kappa shape index (κ3) is 2.17. The number of amidine groups is 1. The highest BCUT2D eigenvalue weighted by atomic mass is 19.4. The molecule has 0 aliphatic rings. The fourth-order valence-corrected chi connectivity index (χ4v) is 0.754. The van der Waals surface area contributed by atoms with Gasteiger partial charge in [-0.2, -0.15) is 13.2 Å². The summed E-state index contributed by atoms with van der Waals surface area (Å²) in [5.74, 6) is -0.480. The number of nitrogens with two attached hydrogens (primary N) is 1. The lowest BCUT2D eigenvalue weighted by Crippen LogP contribution is -2.15. The number of pyridine rings is 1. The van der Waals surface area contributed by atoms with Crippen molar-refractivity contribution in [3.8, 4) is 0 Å². The minimum Gasteiger partial charge on any atom is -0.382 e. The van der Waals surface area contributed by atoms with Crippen LogP contribution in [0, 0.1) is 5.41 Å². The number of hydrogen-bond acceptors (Lipinski definition) is 2. The van der Waals surface area contributed by atoms with Crippen LogP contribution < -0.4 is 5.73 Å². The summed E-state index contributed by atoms with van der Waals surface area (Å²) in [6, 6.07) is 1.56. The maximum Gasteiger partial charge on any atom is 0.416 e. The zero-order chi connectivity index (χ0) is 10.1. The summed E-state index contributed by atoms with van der Waals surface area (Å²) in [5, 5.41) is 6.88. The monoisotopic (exact) mass is 189 g/mol. The Bertz CT molecular complexity index is 332. The molecule has 1 aromatic rings. The summed E-state index contributed by atoms with van der Waals surface area (Å²) in [5.41, 5.74) is 3.95. The molecular weight excluding hydrogens is 183 g/mol. The molecule has 0 saturated carbocycles. The molecule has 0 saturated heterocycles. The predicted molar refractivity (Wildman–Crippen MR) is 40.3 cm³/mol. The van der Waals surface area contributed by atoms with Crippen molar-refractivity contribution in [3.63, 3.8) is 0 Å². The highest BCUT2D eigenvalue weighted by Gasteiger charge is 2.30. The first-order chi connectivity index (χ1) is 5.91. The van der Waals surface area contributed by atoms with Crippen molar-refractivity contribution < 1.29 is 13.2 Å². The van der Waals surface area contributed by atoms with Gasteiger partial charge >= 0.3 is 6.18 Å². The molecule has 70 valence electrons. The van der Waals surface area contributed by atoms with Gasteiger partial charge in [0.25, 0.3) is 0 Å². The Morgan fingerprint density at radius 2 is 2.08 bits per heavy atom. The lowest BCUT2D eigenvalue weighted by Gasteiger charge is -2.06. The summed E-state index contributed by atoms with van der Waals surface area (Å²) in [7, 11) is 0. The third-order valence-electron chi connectivity index (χ3n) is 1.36. The molecular formula is C7H6F3N3. The van der Waals surface area contributed by atoms with Crippen LogP contribution in [-0.2, 0) is 6.18 Å². The molecule has 1 rings (SSSR count). The van der Waals surface area contributed by atoms with Crippen LogP contribution in [0.1, 0.15) is 11.3 Å². The molecule has 0 aromatic carbocycles. The Labute approximate surface area is 71.9 Å². The standard InChI is InChI=1S/C7H6F3N3/c8-7(9,10)4-1-2-13-5(3-4)6(11)12/h1-3H,(H3,11,12). The third-order valence-corrected chi connectivity index (χ3v) is 1.36. The number of nitrogens with one attached hydrogen (secondary N) is 1. The van der Waals surface area contributed by atoms with Crippen molar-refractivity contribution in [1.29, 1.82) is 5.41 Å². The molecule has 0 aliphatic heterocycles. The van der Waals surface area contributed by atoms with Crippen molar-refractivity contribution in [1.82, 2.24) is 4.98 Å². The van der Waals surface area contributed by atoms with Gasteiger partial charge < -0.3 is 5.73 Å². The predicted octanol–water partition coefficient (Wildman–Crippen LogP) is 1.38. The van der Waals surface area contributed by atoms with E-state index in [4.69, 9.17) is 11.1 Å². The van der Waals surface area contributed by atoms with Crippen LogP contribution in [0.4, 0.5) is 13.2 Å². The zero-order valence-corrected chi connectivity index (χ0v) is 6.39. The lowest BCUT2D eigenvalue weighted by atomic mass is 10.2. The average Bonchev–Trinajstić information content (AvgIpc) is 2.03. The van der Waals surface area contributed by atoms with Crippen molar-refractivity contribution in [3.05, 3.63) is 29.6 Å². The Kier molecular flexibility index (Phi) is 2.22. The highest BCUT2D eigenvalue weighted by molar-refractivity contribution is 5.93. The minimum absolute atomic E-state index is 0.171. The van der Waals surface area contributed by atoms with Crippen molar-refractivity contribution in [2.75, 3.05) is 0 Å². The number of alkyl halides is 3. The van der Waals surface area contributed by atoms with Crippen LogP contribution in [0.3, 0.4) is 0 Å². The van der Waals surface area contributed by atoms with Gasteiger partial charge in [-0.05, 0) is 12.1 Å². The summed E-state index contributed by atoms with van der Waals surface area (Å²) in [4.78, 5) is 3.50. The van der Waals surface area contributed by atoms with Crippen LogP contribution >= 0.6 is 0 Å². The first-order valence-corrected chi connectivity index (χ1v) is 3.29. The second-order valence-corrected chi connectivity index (χ2v) is 2.34. The van der Waals surface area contributed by atoms with Gasteiger partial charge in [-0.1, -0.05) is 0 Å². The number of aromatic nitrogens is 1. The van der Waals surface area contributed by atoms with E-state index in [1.54, 1.807) is 0 Å². The van der Waals surface area contributed by atoms with E-state index < -0.39 is 17.6 Å². The van der Waals surface area contributed by atoms with E-state index in [0.717, 1.165) is 18.3 Å². The second-order valence-electron chi connectivity index (χ2n) is 2.34. The molecule has 6 heteroatoms. The molecule has 0 aliphatic carbocycles. The SMILES string of the molecule is N=C(N)c1cc(C(F)(F)F)ccn1. The lowest BCUT2D eigenvalue weighted by molar-refractivity contribution is -0.137. The van der Waals surface area contributed by atoms with E-state index in [0.29, 0.717) is 0 Å². The number of nitrogens with zero attached hydrogens (tertiary/aromatic N) is 1. The number of hydrogen-bond donors (Lipinski definition) is 2. The molecule has 3 N–H and O–H groups in total. The largest absolute Gasteiger partial charge is 0.416 e. The van der Waals surface area contributed by atoms with Gasteiger partial charge in [-0.3, -0.25) is 10.4 Å². The Morgan fingerprint density at radius 3 is 2.54 bits per heavy atom. The molecule has 0 radical (unpaired) electrons. The Morgan fingerprint density at radius 1 is 1.46 bits per heavy atom. The average molecular weight is 189 g/mol. The molecule has 0 bridgehead atoms. The van der Waals surface area contributed by atoms with Crippen LogP contribution in [0.2, 0.25) is 0 Å². The maximum absolute atomic E-state index is 12.1. The van der Waals surface area contributed by atoms with E-state index in [1.165, 1.54) is 0 Å². The van der Waals surface area contributed by atoms with Crippen LogP contribution in [0.15, 0.2) is 18.3 Å². The van der Waals surface area contributed by atoms with Gasteiger partial charge in [0.2, 0.25) is 0 Å². The van der Waals surface area contributed by atoms with Gasteiger partial charge in [-0.15, -0.1) is 0 Å². The van der Waals surface area contributed by atoms with Gasteiger partial charge in [0.1, 0.15) is 11.5 Å². The fraction of sp³-hybridized carbons (Fsp3) is 0.143. The molecule has 13 heavy (non-hydrogen) atoms. The van der Waals surface area contributed by atoms with E-state index >= 15 is 0 Å². The zero-order valence-electron chi connectivity index (χ0n) is 6.39. The van der Waals surface area contributed by atoms with E-state index in [1.807, 2.05) is 0 Å².